The molecule has 72 valence electrons. The molecule has 1 aromatic carbocycles. The first-order valence-corrected chi connectivity index (χ1v) is 4.73. The molecule has 0 fully saturated rings. The topological polar surface area (TPSA) is 41.5 Å². The molecule has 3 nitrogen and oxygen atoms in total. The van der Waals surface area contributed by atoms with Crippen LogP contribution in [-0.2, 0) is 4.79 Å². The lowest BCUT2D eigenvalue weighted by atomic mass is 10.1. The van der Waals surface area contributed by atoms with Crippen LogP contribution >= 0.6 is 23.2 Å². The van der Waals surface area contributed by atoms with E-state index in [2.05, 4.69) is 10.5 Å². The molecular weight excluding hydrogens is 223 g/mol. The summed E-state index contributed by atoms with van der Waals surface area (Å²) in [6, 6.07) is 5.08. The van der Waals surface area contributed by atoms with Crippen molar-refractivity contribution in [3.8, 4) is 0 Å². The van der Waals surface area contributed by atoms with Crippen LogP contribution in [0.25, 0.3) is 0 Å². The van der Waals surface area contributed by atoms with Crippen molar-refractivity contribution in [2.45, 2.75) is 6.42 Å². The van der Waals surface area contributed by atoms with Crippen LogP contribution in [0, 0.1) is 0 Å². The Morgan fingerprint density at radius 3 is 2.79 bits per heavy atom. The highest BCUT2D eigenvalue weighted by molar-refractivity contribution is 6.36. The van der Waals surface area contributed by atoms with Gasteiger partial charge in [-0.15, -0.1) is 0 Å². The SMILES string of the molecule is O=C1CC(c2cc(Cl)ccc2Cl)=NN1. The fourth-order valence-corrected chi connectivity index (χ4v) is 1.63. The summed E-state index contributed by atoms with van der Waals surface area (Å²) in [4.78, 5) is 10.9. The number of nitrogens with zero attached hydrogens (tertiary/aromatic N) is 1. The fourth-order valence-electron chi connectivity index (χ4n) is 1.24. The summed E-state index contributed by atoms with van der Waals surface area (Å²) >= 11 is 11.8. The van der Waals surface area contributed by atoms with Gasteiger partial charge in [0.1, 0.15) is 0 Å². The van der Waals surface area contributed by atoms with Gasteiger partial charge in [-0.2, -0.15) is 5.10 Å². The Labute approximate surface area is 90.7 Å². The zero-order valence-corrected chi connectivity index (χ0v) is 8.56. The third-order valence-corrected chi connectivity index (χ3v) is 2.45. The molecule has 0 spiro atoms. The minimum atomic E-state index is -0.129. The van der Waals surface area contributed by atoms with Gasteiger partial charge in [0.05, 0.1) is 12.1 Å². The molecule has 14 heavy (non-hydrogen) atoms. The van der Waals surface area contributed by atoms with Crippen LogP contribution in [0.15, 0.2) is 23.3 Å². The minimum Gasteiger partial charge on any atom is -0.273 e. The molecule has 0 saturated heterocycles. The van der Waals surface area contributed by atoms with Gasteiger partial charge < -0.3 is 0 Å². The largest absolute Gasteiger partial charge is 0.273 e. The summed E-state index contributed by atoms with van der Waals surface area (Å²) in [5, 5.41) is 4.98. The van der Waals surface area contributed by atoms with Gasteiger partial charge in [-0.05, 0) is 18.2 Å². The summed E-state index contributed by atoms with van der Waals surface area (Å²) in [6.07, 6.45) is 0.250. The first-order valence-electron chi connectivity index (χ1n) is 3.97. The van der Waals surface area contributed by atoms with Crippen LogP contribution in [0.5, 0.6) is 0 Å². The standard InChI is InChI=1S/C9H6Cl2N2O/c10-5-1-2-7(11)6(3-5)8-4-9(14)13-12-8/h1-3H,4H2,(H,13,14). The zero-order valence-electron chi connectivity index (χ0n) is 7.05. The van der Waals surface area contributed by atoms with E-state index in [0.29, 0.717) is 21.3 Å². The molecule has 1 heterocycles. The number of nitrogens with one attached hydrogen (secondary N) is 1. The van der Waals surface area contributed by atoms with Crippen molar-refractivity contribution in [1.29, 1.82) is 0 Å². The normalized spacial score (nSPS) is 15.3. The number of amides is 1. The minimum absolute atomic E-state index is 0.129. The summed E-state index contributed by atoms with van der Waals surface area (Å²) in [7, 11) is 0. The molecule has 0 saturated carbocycles. The molecule has 0 atom stereocenters. The maximum Gasteiger partial charge on any atom is 0.246 e. The van der Waals surface area contributed by atoms with E-state index in [0.717, 1.165) is 0 Å². The van der Waals surface area contributed by atoms with Gasteiger partial charge in [0, 0.05) is 15.6 Å². The van der Waals surface area contributed by atoms with Crippen molar-refractivity contribution in [3.63, 3.8) is 0 Å². The number of benzene rings is 1. The molecule has 0 unspecified atom stereocenters. The second-order valence-electron chi connectivity index (χ2n) is 2.89. The Morgan fingerprint density at radius 2 is 2.14 bits per heavy atom. The summed E-state index contributed by atoms with van der Waals surface area (Å²) in [5.41, 5.74) is 3.70. The molecule has 0 radical (unpaired) electrons. The second kappa shape index (κ2) is 3.59. The molecule has 1 N–H and O–H groups in total. The molecule has 0 aliphatic carbocycles. The van der Waals surface area contributed by atoms with Gasteiger partial charge in [0.25, 0.3) is 0 Å². The number of halogens is 2. The Morgan fingerprint density at radius 1 is 1.36 bits per heavy atom. The van der Waals surface area contributed by atoms with Gasteiger partial charge in [-0.1, -0.05) is 23.2 Å². The summed E-state index contributed by atoms with van der Waals surface area (Å²) < 4.78 is 0. The lowest BCUT2D eigenvalue weighted by Gasteiger charge is -2.01. The van der Waals surface area contributed by atoms with Gasteiger partial charge in [0.15, 0.2) is 0 Å². The highest BCUT2D eigenvalue weighted by atomic mass is 35.5. The summed E-state index contributed by atoms with van der Waals surface area (Å²) in [6.45, 7) is 0. The highest BCUT2D eigenvalue weighted by Crippen LogP contribution is 2.23. The average molecular weight is 229 g/mol. The fraction of sp³-hybridized carbons (Fsp3) is 0.111. The van der Waals surface area contributed by atoms with Crippen LogP contribution in [0.2, 0.25) is 10.0 Å². The molecule has 1 aliphatic heterocycles. The van der Waals surface area contributed by atoms with Gasteiger partial charge in [-0.3, -0.25) is 4.79 Å². The van der Waals surface area contributed by atoms with E-state index in [-0.39, 0.29) is 12.3 Å². The van der Waals surface area contributed by atoms with Crippen molar-refractivity contribution in [2.24, 2.45) is 5.10 Å². The van der Waals surface area contributed by atoms with Crippen molar-refractivity contribution in [3.05, 3.63) is 33.8 Å². The Kier molecular flexibility index (Phi) is 2.44. The van der Waals surface area contributed by atoms with E-state index >= 15 is 0 Å². The number of carbonyl (C=O) groups is 1. The molecule has 1 aliphatic rings. The zero-order chi connectivity index (χ0) is 10.1. The van der Waals surface area contributed by atoms with Crippen LogP contribution < -0.4 is 5.43 Å². The lowest BCUT2D eigenvalue weighted by Crippen LogP contribution is -2.09. The van der Waals surface area contributed by atoms with Crippen LogP contribution in [0.1, 0.15) is 12.0 Å². The third kappa shape index (κ3) is 1.74. The number of rotatable bonds is 1. The van der Waals surface area contributed by atoms with Crippen molar-refractivity contribution in [1.82, 2.24) is 5.43 Å². The number of carbonyl (C=O) groups excluding carboxylic acids is 1. The van der Waals surface area contributed by atoms with Crippen LogP contribution in [0.4, 0.5) is 0 Å². The molecule has 0 aromatic heterocycles. The Hall–Kier alpha value is -1.06. The molecular formula is C9H6Cl2N2O. The van der Waals surface area contributed by atoms with E-state index in [4.69, 9.17) is 23.2 Å². The van der Waals surface area contributed by atoms with E-state index in [1.54, 1.807) is 18.2 Å². The van der Waals surface area contributed by atoms with E-state index in [9.17, 15) is 4.79 Å². The van der Waals surface area contributed by atoms with Gasteiger partial charge in [-0.25, -0.2) is 5.43 Å². The molecule has 1 aromatic rings. The van der Waals surface area contributed by atoms with E-state index in [1.807, 2.05) is 0 Å². The van der Waals surface area contributed by atoms with Crippen LogP contribution in [0.3, 0.4) is 0 Å². The average Bonchev–Trinajstić information content (AvgIpc) is 2.56. The number of hydrogen-bond acceptors (Lipinski definition) is 2. The monoisotopic (exact) mass is 228 g/mol. The number of hydrazone groups is 1. The smallest absolute Gasteiger partial charge is 0.246 e. The first-order chi connectivity index (χ1) is 6.66. The molecule has 5 heteroatoms. The quantitative estimate of drug-likeness (QED) is 0.788. The predicted octanol–water partition coefficient (Wildman–Crippen LogP) is 2.22. The molecule has 0 bridgehead atoms. The van der Waals surface area contributed by atoms with E-state index < -0.39 is 0 Å². The number of hydrogen-bond donors (Lipinski definition) is 1. The van der Waals surface area contributed by atoms with Crippen molar-refractivity contribution < 1.29 is 4.79 Å². The van der Waals surface area contributed by atoms with Gasteiger partial charge >= 0.3 is 0 Å². The second-order valence-corrected chi connectivity index (χ2v) is 3.74. The Bertz CT molecular complexity index is 429. The van der Waals surface area contributed by atoms with Crippen LogP contribution in [-0.4, -0.2) is 11.6 Å². The first kappa shape index (κ1) is 9.49. The summed E-state index contributed by atoms with van der Waals surface area (Å²) in [5.74, 6) is -0.129. The maximum atomic E-state index is 10.9. The van der Waals surface area contributed by atoms with E-state index in [1.165, 1.54) is 0 Å². The lowest BCUT2D eigenvalue weighted by molar-refractivity contribution is -0.119. The predicted molar refractivity (Wildman–Crippen MR) is 55.8 cm³/mol. The molecule has 1 amide bonds. The van der Waals surface area contributed by atoms with Crippen molar-refractivity contribution in [2.75, 3.05) is 0 Å². The van der Waals surface area contributed by atoms with Gasteiger partial charge in [0.2, 0.25) is 5.91 Å². The Balaban J connectivity index is 2.41. The molecule has 2 rings (SSSR count). The van der Waals surface area contributed by atoms with Crippen molar-refractivity contribution >= 4 is 34.8 Å². The highest BCUT2D eigenvalue weighted by Gasteiger charge is 2.18. The maximum absolute atomic E-state index is 10.9. The third-order valence-electron chi connectivity index (χ3n) is 1.88.